The van der Waals surface area contributed by atoms with Gasteiger partial charge in [0.15, 0.2) is 0 Å². The Hall–Kier alpha value is -2.73. The second-order valence-corrected chi connectivity index (χ2v) is 9.95. The van der Waals surface area contributed by atoms with Crippen LogP contribution >= 0.6 is 0 Å². The predicted molar refractivity (Wildman–Crippen MR) is 126 cm³/mol. The SMILES string of the molecule is CC(C)(C)CC(=O)N(Cc1ccccc1NC(=O)c1cccc(F)c1)C1CCC(N)CC1. The molecule has 0 unspecified atom stereocenters. The molecular weight excluding hydrogens is 405 g/mol. The smallest absolute Gasteiger partial charge is 0.255 e. The van der Waals surface area contributed by atoms with Crippen molar-refractivity contribution in [2.45, 2.75) is 71.5 Å². The molecular formula is C26H34FN3O2. The topological polar surface area (TPSA) is 75.4 Å². The highest BCUT2D eigenvalue weighted by atomic mass is 19.1. The summed E-state index contributed by atoms with van der Waals surface area (Å²) in [6.45, 7) is 6.60. The van der Waals surface area contributed by atoms with Crippen LogP contribution < -0.4 is 11.1 Å². The van der Waals surface area contributed by atoms with Crippen molar-refractivity contribution < 1.29 is 14.0 Å². The molecule has 0 heterocycles. The van der Waals surface area contributed by atoms with E-state index in [0.29, 0.717) is 18.7 Å². The Morgan fingerprint density at radius 2 is 1.75 bits per heavy atom. The zero-order chi connectivity index (χ0) is 23.3. The maximum atomic E-state index is 13.5. The number of carbonyl (C=O) groups excluding carboxylic acids is 2. The highest BCUT2D eigenvalue weighted by molar-refractivity contribution is 6.04. The van der Waals surface area contributed by atoms with Crippen molar-refractivity contribution in [1.29, 1.82) is 0 Å². The lowest BCUT2D eigenvalue weighted by Gasteiger charge is -2.38. The van der Waals surface area contributed by atoms with Crippen LogP contribution in [-0.2, 0) is 11.3 Å². The molecule has 0 saturated heterocycles. The monoisotopic (exact) mass is 439 g/mol. The molecule has 0 atom stereocenters. The Kier molecular flexibility index (Phi) is 7.67. The number of hydrogen-bond acceptors (Lipinski definition) is 3. The van der Waals surface area contributed by atoms with Gasteiger partial charge in [-0.05, 0) is 60.9 Å². The highest BCUT2D eigenvalue weighted by Gasteiger charge is 2.30. The van der Waals surface area contributed by atoms with Crippen molar-refractivity contribution in [2.75, 3.05) is 5.32 Å². The molecule has 1 aliphatic carbocycles. The van der Waals surface area contributed by atoms with Gasteiger partial charge in [-0.2, -0.15) is 0 Å². The van der Waals surface area contributed by atoms with E-state index in [-0.39, 0.29) is 34.9 Å². The Labute approximate surface area is 190 Å². The van der Waals surface area contributed by atoms with Gasteiger partial charge in [-0.1, -0.05) is 45.0 Å². The molecule has 3 rings (SSSR count). The summed E-state index contributed by atoms with van der Waals surface area (Å²) in [5, 5.41) is 2.89. The van der Waals surface area contributed by atoms with Crippen LogP contribution in [0, 0.1) is 11.2 Å². The number of nitrogens with one attached hydrogen (secondary N) is 1. The molecule has 0 bridgehead atoms. The van der Waals surface area contributed by atoms with Crippen LogP contribution in [0.3, 0.4) is 0 Å². The lowest BCUT2D eigenvalue weighted by atomic mass is 9.88. The molecule has 5 nitrogen and oxygen atoms in total. The largest absolute Gasteiger partial charge is 0.335 e. The molecule has 3 N–H and O–H groups in total. The van der Waals surface area contributed by atoms with E-state index in [1.807, 2.05) is 29.2 Å². The number of amides is 2. The summed E-state index contributed by atoms with van der Waals surface area (Å²) in [6.07, 6.45) is 4.03. The van der Waals surface area contributed by atoms with Gasteiger partial charge >= 0.3 is 0 Å². The van der Waals surface area contributed by atoms with Crippen LogP contribution in [0.25, 0.3) is 0 Å². The lowest BCUT2D eigenvalue weighted by Crippen LogP contribution is -2.44. The van der Waals surface area contributed by atoms with Gasteiger partial charge in [0.05, 0.1) is 0 Å². The van der Waals surface area contributed by atoms with Gasteiger partial charge in [-0.15, -0.1) is 0 Å². The van der Waals surface area contributed by atoms with Gasteiger partial charge in [-0.25, -0.2) is 4.39 Å². The number of halogens is 1. The minimum atomic E-state index is -0.458. The molecule has 1 saturated carbocycles. The minimum absolute atomic E-state index is 0.115. The summed E-state index contributed by atoms with van der Waals surface area (Å²) >= 11 is 0. The molecule has 2 aromatic carbocycles. The van der Waals surface area contributed by atoms with Crippen molar-refractivity contribution >= 4 is 17.5 Å². The normalized spacial score (nSPS) is 18.8. The van der Waals surface area contributed by atoms with E-state index in [9.17, 15) is 14.0 Å². The second kappa shape index (κ2) is 10.3. The fourth-order valence-electron chi connectivity index (χ4n) is 4.18. The number of nitrogens with two attached hydrogens (primary N) is 1. The summed E-state index contributed by atoms with van der Waals surface area (Å²) in [5.41, 5.74) is 7.71. The van der Waals surface area contributed by atoms with Gasteiger partial charge in [0, 0.05) is 36.3 Å². The van der Waals surface area contributed by atoms with Crippen molar-refractivity contribution in [2.24, 2.45) is 11.1 Å². The molecule has 2 amide bonds. The molecule has 32 heavy (non-hydrogen) atoms. The molecule has 0 radical (unpaired) electrons. The zero-order valence-electron chi connectivity index (χ0n) is 19.2. The van der Waals surface area contributed by atoms with E-state index in [0.717, 1.165) is 31.2 Å². The third-order valence-electron chi connectivity index (χ3n) is 5.88. The number of rotatable bonds is 6. The molecule has 0 spiro atoms. The van der Waals surface area contributed by atoms with Crippen LogP contribution in [0.15, 0.2) is 48.5 Å². The van der Waals surface area contributed by atoms with E-state index < -0.39 is 5.82 Å². The third-order valence-corrected chi connectivity index (χ3v) is 5.88. The average molecular weight is 440 g/mol. The molecule has 172 valence electrons. The second-order valence-electron chi connectivity index (χ2n) is 9.95. The molecule has 0 aromatic heterocycles. The maximum Gasteiger partial charge on any atom is 0.255 e. The van der Waals surface area contributed by atoms with Gasteiger partial charge in [0.1, 0.15) is 5.82 Å². The summed E-state index contributed by atoms with van der Waals surface area (Å²) in [5.74, 6) is -0.724. The first kappa shape index (κ1) is 23.9. The third kappa shape index (κ3) is 6.63. The summed E-state index contributed by atoms with van der Waals surface area (Å²) in [7, 11) is 0. The van der Waals surface area contributed by atoms with E-state index in [2.05, 4.69) is 26.1 Å². The van der Waals surface area contributed by atoms with E-state index in [1.54, 1.807) is 6.07 Å². The van der Waals surface area contributed by atoms with Crippen molar-refractivity contribution in [1.82, 2.24) is 4.90 Å². The summed E-state index contributed by atoms with van der Waals surface area (Å²) < 4.78 is 13.5. The Bertz CT molecular complexity index is 946. The first-order valence-corrected chi connectivity index (χ1v) is 11.3. The maximum absolute atomic E-state index is 13.5. The van der Waals surface area contributed by atoms with E-state index in [4.69, 9.17) is 5.73 Å². The minimum Gasteiger partial charge on any atom is -0.335 e. The predicted octanol–water partition coefficient (Wildman–Crippen LogP) is 5.11. The standard InChI is InChI=1S/C26H34FN3O2/c1-26(2,3)16-24(31)30(22-13-11-21(28)12-14-22)17-19-7-4-5-10-23(19)29-25(32)18-8-6-9-20(27)15-18/h4-10,15,21-22H,11-14,16-17,28H2,1-3H3,(H,29,32). The van der Waals surface area contributed by atoms with Gasteiger partial charge in [0.2, 0.25) is 5.91 Å². The quantitative estimate of drug-likeness (QED) is 0.656. The molecule has 2 aromatic rings. The number of carbonyl (C=O) groups is 2. The Balaban J connectivity index is 1.82. The number of nitrogens with zero attached hydrogens (tertiary/aromatic N) is 1. The van der Waals surface area contributed by atoms with Crippen LogP contribution in [0.4, 0.5) is 10.1 Å². The van der Waals surface area contributed by atoms with Crippen LogP contribution in [0.2, 0.25) is 0 Å². The summed E-state index contributed by atoms with van der Waals surface area (Å²) in [6, 6.07) is 13.4. The van der Waals surface area contributed by atoms with Gasteiger partial charge in [-0.3, -0.25) is 9.59 Å². The lowest BCUT2D eigenvalue weighted by molar-refractivity contribution is -0.137. The van der Waals surface area contributed by atoms with Gasteiger partial charge in [0.25, 0.3) is 5.91 Å². The van der Waals surface area contributed by atoms with E-state index in [1.165, 1.54) is 18.2 Å². The molecule has 1 aliphatic rings. The van der Waals surface area contributed by atoms with Crippen molar-refractivity contribution in [3.8, 4) is 0 Å². The average Bonchev–Trinajstić information content (AvgIpc) is 2.72. The fraction of sp³-hybridized carbons (Fsp3) is 0.462. The molecule has 1 fully saturated rings. The zero-order valence-corrected chi connectivity index (χ0v) is 19.2. The Morgan fingerprint density at radius 1 is 1.06 bits per heavy atom. The van der Waals surface area contributed by atoms with Crippen LogP contribution in [0.1, 0.15) is 68.8 Å². The van der Waals surface area contributed by atoms with Crippen LogP contribution in [-0.4, -0.2) is 28.8 Å². The number of para-hydroxylation sites is 1. The fourth-order valence-corrected chi connectivity index (χ4v) is 4.18. The number of anilines is 1. The number of benzene rings is 2. The summed E-state index contributed by atoms with van der Waals surface area (Å²) in [4.78, 5) is 28.0. The first-order valence-electron chi connectivity index (χ1n) is 11.3. The van der Waals surface area contributed by atoms with E-state index >= 15 is 0 Å². The van der Waals surface area contributed by atoms with Gasteiger partial charge < -0.3 is 16.0 Å². The Morgan fingerprint density at radius 3 is 2.41 bits per heavy atom. The van der Waals surface area contributed by atoms with Crippen molar-refractivity contribution in [3.63, 3.8) is 0 Å². The highest BCUT2D eigenvalue weighted by Crippen LogP contribution is 2.29. The first-order chi connectivity index (χ1) is 15.1. The number of hydrogen-bond donors (Lipinski definition) is 2. The van der Waals surface area contributed by atoms with Crippen LogP contribution in [0.5, 0.6) is 0 Å². The molecule has 6 heteroatoms. The van der Waals surface area contributed by atoms with Crippen molar-refractivity contribution in [3.05, 3.63) is 65.5 Å². The molecule has 0 aliphatic heterocycles.